The molecule has 2 aromatic carbocycles. The molecule has 3 heterocycles. The molecule has 2 aromatic rings. The summed E-state index contributed by atoms with van der Waals surface area (Å²) in [6.45, 7) is 5.19. The van der Waals surface area contributed by atoms with Crippen molar-refractivity contribution in [2.24, 2.45) is 0 Å². The Morgan fingerprint density at radius 3 is 2.67 bits per heavy atom. The number of nitrogens with one attached hydrogen (secondary N) is 1. The Labute approximate surface area is 212 Å². The molecule has 0 bridgehead atoms. The van der Waals surface area contributed by atoms with E-state index in [1.807, 2.05) is 59.2 Å². The van der Waals surface area contributed by atoms with Gasteiger partial charge in [0.2, 0.25) is 0 Å². The van der Waals surface area contributed by atoms with Crippen LogP contribution in [0.15, 0.2) is 42.5 Å². The number of anilines is 1. The number of hydrogen-bond donors (Lipinski definition) is 1. The van der Waals surface area contributed by atoms with Gasteiger partial charge in [0.05, 0.1) is 18.3 Å². The molecule has 36 heavy (non-hydrogen) atoms. The zero-order chi connectivity index (χ0) is 24.9. The molecule has 0 aromatic heterocycles. The van der Waals surface area contributed by atoms with E-state index in [9.17, 15) is 9.59 Å². The number of para-hydroxylation sites is 1. The fraction of sp³-hybridized carbons (Fsp3) is 0.500. The molecule has 2 saturated heterocycles. The van der Waals surface area contributed by atoms with Gasteiger partial charge >= 0.3 is 0 Å². The van der Waals surface area contributed by atoms with Crippen LogP contribution in [0.4, 0.5) is 5.69 Å². The monoisotopic (exact) mass is 493 g/mol. The Kier molecular flexibility index (Phi) is 7.60. The molecule has 0 saturated carbocycles. The van der Waals surface area contributed by atoms with Crippen LogP contribution in [-0.4, -0.2) is 67.2 Å². The Morgan fingerprint density at radius 2 is 1.89 bits per heavy atom. The van der Waals surface area contributed by atoms with Crippen LogP contribution in [0.25, 0.3) is 0 Å². The average molecular weight is 494 g/mol. The number of rotatable bonds is 8. The van der Waals surface area contributed by atoms with Crippen molar-refractivity contribution < 1.29 is 23.8 Å². The number of likely N-dealkylation sites (tertiary alicyclic amines) is 1. The van der Waals surface area contributed by atoms with Crippen molar-refractivity contribution in [1.29, 1.82) is 0 Å². The van der Waals surface area contributed by atoms with Crippen molar-refractivity contribution in [1.82, 2.24) is 9.80 Å². The number of fused-ring (bicyclic) bond motifs is 1. The smallest absolute Gasteiger partial charge is 0.260 e. The third-order valence-corrected chi connectivity index (χ3v) is 7.09. The minimum absolute atomic E-state index is 0.000106. The lowest BCUT2D eigenvalue weighted by Gasteiger charge is -2.39. The number of amides is 2. The maximum Gasteiger partial charge on any atom is 0.260 e. The fourth-order valence-electron chi connectivity index (χ4n) is 5.21. The first kappa shape index (κ1) is 24.4. The third-order valence-electron chi connectivity index (χ3n) is 7.09. The van der Waals surface area contributed by atoms with Crippen LogP contribution in [-0.2, 0) is 9.53 Å². The van der Waals surface area contributed by atoms with Crippen LogP contribution >= 0.6 is 0 Å². The normalized spacial score (nSPS) is 21.6. The Morgan fingerprint density at radius 1 is 1.06 bits per heavy atom. The lowest BCUT2D eigenvalue weighted by molar-refractivity contribution is -0.134. The molecule has 3 aliphatic rings. The van der Waals surface area contributed by atoms with E-state index in [4.69, 9.17) is 14.2 Å². The van der Waals surface area contributed by atoms with Crippen LogP contribution in [0.2, 0.25) is 0 Å². The summed E-state index contributed by atoms with van der Waals surface area (Å²) in [6.07, 6.45) is 4.87. The van der Waals surface area contributed by atoms with E-state index in [0.29, 0.717) is 30.2 Å². The number of hydrogen-bond acceptors (Lipinski definition) is 6. The van der Waals surface area contributed by atoms with Crippen molar-refractivity contribution in [3.05, 3.63) is 53.6 Å². The molecule has 2 fully saturated rings. The predicted molar refractivity (Wildman–Crippen MR) is 136 cm³/mol. The summed E-state index contributed by atoms with van der Waals surface area (Å²) in [4.78, 5) is 29.9. The van der Waals surface area contributed by atoms with Crippen LogP contribution in [0.1, 0.15) is 61.1 Å². The van der Waals surface area contributed by atoms with Gasteiger partial charge in [0, 0.05) is 31.9 Å². The fourth-order valence-corrected chi connectivity index (χ4v) is 5.21. The highest BCUT2D eigenvalue weighted by Crippen LogP contribution is 2.37. The van der Waals surface area contributed by atoms with Gasteiger partial charge in [-0.05, 0) is 68.9 Å². The number of benzene rings is 2. The molecule has 0 spiro atoms. The molecule has 0 radical (unpaired) electrons. The summed E-state index contributed by atoms with van der Waals surface area (Å²) in [5, 5.41) is 3.54. The summed E-state index contributed by atoms with van der Waals surface area (Å²) >= 11 is 0. The van der Waals surface area contributed by atoms with Gasteiger partial charge in [0.15, 0.2) is 18.1 Å². The highest BCUT2D eigenvalue weighted by Gasteiger charge is 2.35. The summed E-state index contributed by atoms with van der Waals surface area (Å²) in [5.74, 6) is 1.07. The number of piperidine rings is 1. The van der Waals surface area contributed by atoms with Crippen LogP contribution in [0.3, 0.4) is 0 Å². The van der Waals surface area contributed by atoms with Crippen molar-refractivity contribution in [2.75, 3.05) is 44.8 Å². The molecule has 5 rings (SSSR count). The van der Waals surface area contributed by atoms with E-state index >= 15 is 0 Å². The van der Waals surface area contributed by atoms with Crippen LogP contribution < -0.4 is 14.8 Å². The highest BCUT2D eigenvalue weighted by atomic mass is 16.5. The molecule has 1 N–H and O–H groups in total. The van der Waals surface area contributed by atoms with E-state index in [0.717, 1.165) is 56.6 Å². The van der Waals surface area contributed by atoms with E-state index in [1.54, 1.807) is 0 Å². The summed E-state index contributed by atoms with van der Waals surface area (Å²) in [7, 11) is 0. The van der Waals surface area contributed by atoms with Crippen LogP contribution in [0, 0.1) is 0 Å². The quantitative estimate of drug-likeness (QED) is 0.593. The van der Waals surface area contributed by atoms with Gasteiger partial charge in [0.1, 0.15) is 6.17 Å². The molecule has 2 atom stereocenters. The molecule has 8 nitrogen and oxygen atoms in total. The molecule has 192 valence electrons. The summed E-state index contributed by atoms with van der Waals surface area (Å²) in [5.41, 5.74) is 2.35. The molecule has 0 unspecified atom stereocenters. The third kappa shape index (κ3) is 5.28. The summed E-state index contributed by atoms with van der Waals surface area (Å²) in [6, 6.07) is 13.3. The first-order chi connectivity index (χ1) is 17.6. The van der Waals surface area contributed by atoms with Gasteiger partial charge in [0.25, 0.3) is 11.8 Å². The zero-order valence-corrected chi connectivity index (χ0v) is 20.9. The Balaban J connectivity index is 1.38. The molecular formula is C28H35N3O5. The van der Waals surface area contributed by atoms with Gasteiger partial charge in [-0.2, -0.15) is 0 Å². The second kappa shape index (κ2) is 11.2. The predicted octanol–water partition coefficient (Wildman–Crippen LogP) is 4.22. The van der Waals surface area contributed by atoms with Gasteiger partial charge in [-0.1, -0.05) is 18.2 Å². The van der Waals surface area contributed by atoms with E-state index in [-0.39, 0.29) is 30.7 Å². The van der Waals surface area contributed by atoms with Crippen molar-refractivity contribution in [3.8, 4) is 11.5 Å². The van der Waals surface area contributed by atoms with E-state index in [2.05, 4.69) is 5.32 Å². The molecule has 3 aliphatic heterocycles. The number of nitrogens with zero attached hydrogens (tertiary/aromatic N) is 2. The lowest BCUT2D eigenvalue weighted by Crippen LogP contribution is -2.46. The number of ether oxygens (including phenoxy) is 3. The van der Waals surface area contributed by atoms with Crippen LogP contribution in [0.5, 0.6) is 11.5 Å². The summed E-state index contributed by atoms with van der Waals surface area (Å²) < 4.78 is 17.7. The SMILES string of the molecule is CCOc1cc([C@H]2Nc3ccccc3C(=O)N2C[C@@H]2CCCO2)ccc1OCC(=O)N1CCCCC1. The first-order valence-electron chi connectivity index (χ1n) is 13.1. The zero-order valence-electron chi connectivity index (χ0n) is 20.9. The number of carbonyl (C=O) groups is 2. The minimum atomic E-state index is -0.375. The van der Waals surface area contributed by atoms with Crippen molar-refractivity contribution in [3.63, 3.8) is 0 Å². The topological polar surface area (TPSA) is 80.3 Å². The van der Waals surface area contributed by atoms with Gasteiger partial charge in [-0.3, -0.25) is 9.59 Å². The van der Waals surface area contributed by atoms with Crippen molar-refractivity contribution in [2.45, 2.75) is 51.3 Å². The maximum absolute atomic E-state index is 13.5. The molecule has 8 heteroatoms. The molecule has 0 aliphatic carbocycles. The largest absolute Gasteiger partial charge is 0.490 e. The minimum Gasteiger partial charge on any atom is -0.490 e. The Hall–Kier alpha value is -3.26. The second-order valence-electron chi connectivity index (χ2n) is 9.55. The first-order valence-corrected chi connectivity index (χ1v) is 13.1. The van der Waals surface area contributed by atoms with Gasteiger partial charge in [-0.15, -0.1) is 0 Å². The van der Waals surface area contributed by atoms with E-state index in [1.165, 1.54) is 6.42 Å². The second-order valence-corrected chi connectivity index (χ2v) is 9.55. The molecular weight excluding hydrogens is 458 g/mol. The average Bonchev–Trinajstić information content (AvgIpc) is 3.43. The highest BCUT2D eigenvalue weighted by molar-refractivity contribution is 6.01. The maximum atomic E-state index is 13.5. The number of carbonyl (C=O) groups excluding carboxylic acids is 2. The lowest BCUT2D eigenvalue weighted by atomic mass is 10.0. The van der Waals surface area contributed by atoms with Crippen molar-refractivity contribution >= 4 is 17.5 Å². The molecule has 2 amide bonds. The van der Waals surface area contributed by atoms with Gasteiger partial charge < -0.3 is 29.3 Å². The van der Waals surface area contributed by atoms with E-state index < -0.39 is 0 Å². The Bertz CT molecular complexity index is 1080. The standard InChI is InChI=1S/C28H35N3O5/c1-2-34-25-17-20(12-13-24(25)36-19-26(32)30-14-6-3-7-15-30)27-29-23-11-5-4-10-22(23)28(33)31(27)18-21-9-8-16-35-21/h4-5,10-13,17,21,27,29H,2-3,6-9,14-16,18-19H2,1H3/t21-,27-/m0/s1. The van der Waals surface area contributed by atoms with Gasteiger partial charge in [-0.25, -0.2) is 0 Å².